The van der Waals surface area contributed by atoms with Crippen LogP contribution in [0, 0.1) is 18.3 Å². The molecule has 5 nitrogen and oxygen atoms in total. The third kappa shape index (κ3) is 3.76. The van der Waals surface area contributed by atoms with Crippen LogP contribution in [0.2, 0.25) is 0 Å². The zero-order valence-electron chi connectivity index (χ0n) is 14.3. The van der Waals surface area contributed by atoms with Gasteiger partial charge in [-0.3, -0.25) is 0 Å². The number of nitrogens with zero attached hydrogens (tertiary/aromatic N) is 4. The number of aromatic nitrogens is 1. The number of aryl methyl sites for hydroxylation is 1. The summed E-state index contributed by atoms with van der Waals surface area (Å²) < 4.78 is 0. The molecule has 3 rings (SSSR count). The van der Waals surface area contributed by atoms with Crippen molar-refractivity contribution < 1.29 is 0 Å². The van der Waals surface area contributed by atoms with Gasteiger partial charge in [0.2, 0.25) is 0 Å². The largest absolute Gasteiger partial charge is 0.367 e. The Morgan fingerprint density at radius 3 is 2.52 bits per heavy atom. The minimum atomic E-state index is 0.531. The van der Waals surface area contributed by atoms with Crippen molar-refractivity contribution in [2.45, 2.75) is 45.1 Å². The maximum atomic E-state index is 9.55. The lowest BCUT2D eigenvalue weighted by atomic mass is 9.95. The molecule has 0 unspecified atom stereocenters. The van der Waals surface area contributed by atoms with Gasteiger partial charge in [-0.1, -0.05) is 19.3 Å². The molecule has 1 N–H and O–H groups in total. The Morgan fingerprint density at radius 2 is 1.87 bits per heavy atom. The second-order valence-corrected chi connectivity index (χ2v) is 6.90. The van der Waals surface area contributed by atoms with E-state index in [9.17, 15) is 5.26 Å². The number of likely N-dealkylation sites (N-methyl/N-ethyl adjacent to an activating group) is 1. The van der Waals surface area contributed by atoms with Gasteiger partial charge in [0.25, 0.3) is 0 Å². The van der Waals surface area contributed by atoms with Crippen molar-refractivity contribution in [1.29, 1.82) is 5.26 Å². The van der Waals surface area contributed by atoms with Crippen LogP contribution < -0.4 is 10.2 Å². The van der Waals surface area contributed by atoms with E-state index in [0.717, 1.165) is 48.9 Å². The van der Waals surface area contributed by atoms with Crippen LogP contribution in [0.25, 0.3) is 0 Å². The Kier molecular flexibility index (Phi) is 5.02. The zero-order valence-corrected chi connectivity index (χ0v) is 14.3. The molecular formula is C18H27N5. The maximum Gasteiger partial charge on any atom is 0.149 e. The number of rotatable bonds is 3. The van der Waals surface area contributed by atoms with Crippen molar-refractivity contribution in [3.8, 4) is 6.07 Å². The highest BCUT2D eigenvalue weighted by atomic mass is 15.3. The predicted molar refractivity (Wildman–Crippen MR) is 93.9 cm³/mol. The molecule has 5 heteroatoms. The van der Waals surface area contributed by atoms with Crippen molar-refractivity contribution >= 4 is 11.6 Å². The number of piperazine rings is 1. The van der Waals surface area contributed by atoms with Gasteiger partial charge in [0.05, 0.1) is 5.56 Å². The van der Waals surface area contributed by atoms with Gasteiger partial charge >= 0.3 is 0 Å². The van der Waals surface area contributed by atoms with Gasteiger partial charge in [0.15, 0.2) is 0 Å². The smallest absolute Gasteiger partial charge is 0.149 e. The van der Waals surface area contributed by atoms with Gasteiger partial charge in [0, 0.05) is 32.2 Å². The Hall–Kier alpha value is -1.80. The van der Waals surface area contributed by atoms with Crippen molar-refractivity contribution in [3.63, 3.8) is 0 Å². The van der Waals surface area contributed by atoms with Crippen LogP contribution in [0.5, 0.6) is 0 Å². The van der Waals surface area contributed by atoms with Crippen LogP contribution in [-0.2, 0) is 0 Å². The molecule has 0 radical (unpaired) electrons. The summed E-state index contributed by atoms with van der Waals surface area (Å²) in [6.07, 6.45) is 6.41. The lowest BCUT2D eigenvalue weighted by molar-refractivity contribution is 0.312. The number of anilines is 2. The zero-order chi connectivity index (χ0) is 16.2. The van der Waals surface area contributed by atoms with Crippen LogP contribution in [0.1, 0.15) is 43.2 Å². The van der Waals surface area contributed by atoms with Gasteiger partial charge in [-0.15, -0.1) is 0 Å². The summed E-state index contributed by atoms with van der Waals surface area (Å²) in [6, 6.07) is 4.92. The Morgan fingerprint density at radius 1 is 1.17 bits per heavy atom. The molecule has 0 bridgehead atoms. The van der Waals surface area contributed by atoms with Gasteiger partial charge in [0.1, 0.15) is 17.7 Å². The van der Waals surface area contributed by atoms with Crippen molar-refractivity contribution in [2.24, 2.45) is 0 Å². The number of nitriles is 1. The first-order valence-corrected chi connectivity index (χ1v) is 8.79. The van der Waals surface area contributed by atoms with E-state index in [4.69, 9.17) is 4.98 Å². The first-order valence-electron chi connectivity index (χ1n) is 8.79. The van der Waals surface area contributed by atoms with E-state index in [1.165, 1.54) is 32.1 Å². The molecule has 2 heterocycles. The first kappa shape index (κ1) is 16.1. The lowest BCUT2D eigenvalue weighted by Gasteiger charge is -2.34. The van der Waals surface area contributed by atoms with E-state index in [2.05, 4.69) is 28.2 Å². The molecule has 1 saturated carbocycles. The molecule has 2 aliphatic rings. The SMILES string of the molecule is Cc1cc(NC2CCCCC2)nc(N2CCN(C)CC2)c1C#N. The molecule has 0 aromatic carbocycles. The standard InChI is InChI=1S/C18H27N5/c1-14-12-17(20-15-6-4-3-5-7-15)21-18(16(14)13-19)23-10-8-22(2)9-11-23/h12,15H,3-11H2,1-2H3,(H,20,21). The summed E-state index contributed by atoms with van der Waals surface area (Å²) in [5, 5.41) is 13.2. The monoisotopic (exact) mass is 313 g/mol. The number of nitrogens with one attached hydrogen (secondary N) is 1. The average molecular weight is 313 g/mol. The van der Waals surface area contributed by atoms with Gasteiger partial charge < -0.3 is 15.1 Å². The number of hydrogen-bond acceptors (Lipinski definition) is 5. The molecule has 1 aromatic rings. The first-order chi connectivity index (χ1) is 11.2. The van der Waals surface area contributed by atoms with Crippen LogP contribution in [0.4, 0.5) is 11.6 Å². The Labute approximate surface area is 139 Å². The van der Waals surface area contributed by atoms with Crippen LogP contribution in [0.3, 0.4) is 0 Å². The molecule has 1 aliphatic heterocycles. The van der Waals surface area contributed by atoms with E-state index in [1.54, 1.807) is 0 Å². The quantitative estimate of drug-likeness (QED) is 0.930. The normalized spacial score (nSPS) is 20.3. The summed E-state index contributed by atoms with van der Waals surface area (Å²) in [6.45, 7) is 5.93. The van der Waals surface area contributed by atoms with E-state index in [-0.39, 0.29) is 0 Å². The van der Waals surface area contributed by atoms with Crippen LogP contribution in [-0.4, -0.2) is 49.2 Å². The summed E-state index contributed by atoms with van der Waals surface area (Å²) in [5.41, 5.74) is 1.75. The molecule has 1 saturated heterocycles. The van der Waals surface area contributed by atoms with Gasteiger partial charge in [-0.05, 0) is 38.4 Å². The highest BCUT2D eigenvalue weighted by molar-refractivity contribution is 5.62. The number of hydrogen-bond donors (Lipinski definition) is 1. The van der Waals surface area contributed by atoms with E-state index < -0.39 is 0 Å². The maximum absolute atomic E-state index is 9.55. The summed E-state index contributed by atoms with van der Waals surface area (Å²) in [5.74, 6) is 1.79. The van der Waals surface area contributed by atoms with E-state index in [0.29, 0.717) is 6.04 Å². The van der Waals surface area contributed by atoms with Crippen molar-refractivity contribution in [2.75, 3.05) is 43.4 Å². The molecule has 1 aromatic heterocycles. The fourth-order valence-electron chi connectivity index (χ4n) is 3.57. The second-order valence-electron chi connectivity index (χ2n) is 6.90. The van der Waals surface area contributed by atoms with E-state index in [1.807, 2.05) is 13.0 Å². The summed E-state index contributed by atoms with van der Waals surface area (Å²) in [7, 11) is 2.14. The molecule has 2 fully saturated rings. The minimum Gasteiger partial charge on any atom is -0.367 e. The van der Waals surface area contributed by atoms with Crippen molar-refractivity contribution in [1.82, 2.24) is 9.88 Å². The van der Waals surface area contributed by atoms with Crippen LogP contribution in [0.15, 0.2) is 6.07 Å². The van der Waals surface area contributed by atoms with Gasteiger partial charge in [-0.2, -0.15) is 5.26 Å². The summed E-state index contributed by atoms with van der Waals surface area (Å²) >= 11 is 0. The molecule has 124 valence electrons. The Bertz CT molecular complexity index is 578. The van der Waals surface area contributed by atoms with Gasteiger partial charge in [-0.25, -0.2) is 4.98 Å². The Balaban J connectivity index is 1.83. The third-order valence-corrected chi connectivity index (χ3v) is 5.07. The molecule has 1 aliphatic carbocycles. The fraction of sp³-hybridized carbons (Fsp3) is 0.667. The third-order valence-electron chi connectivity index (χ3n) is 5.07. The highest BCUT2D eigenvalue weighted by Crippen LogP contribution is 2.27. The fourth-order valence-corrected chi connectivity index (χ4v) is 3.57. The summed E-state index contributed by atoms with van der Waals surface area (Å²) in [4.78, 5) is 9.40. The second kappa shape index (κ2) is 7.18. The highest BCUT2D eigenvalue weighted by Gasteiger charge is 2.21. The molecule has 0 amide bonds. The minimum absolute atomic E-state index is 0.531. The molecule has 0 spiro atoms. The topological polar surface area (TPSA) is 55.2 Å². The lowest BCUT2D eigenvalue weighted by Crippen LogP contribution is -2.45. The molecular weight excluding hydrogens is 286 g/mol. The van der Waals surface area contributed by atoms with Crippen LogP contribution >= 0.6 is 0 Å². The molecule has 0 atom stereocenters. The molecule has 23 heavy (non-hydrogen) atoms. The average Bonchev–Trinajstić information content (AvgIpc) is 2.56. The predicted octanol–water partition coefficient (Wildman–Crippen LogP) is 2.76. The van der Waals surface area contributed by atoms with Crippen molar-refractivity contribution in [3.05, 3.63) is 17.2 Å². The number of pyridine rings is 1. The van der Waals surface area contributed by atoms with E-state index >= 15 is 0 Å².